The number of rotatable bonds is 5. The summed E-state index contributed by atoms with van der Waals surface area (Å²) in [6, 6.07) is 6.68. The highest BCUT2D eigenvalue weighted by molar-refractivity contribution is 6.16. The minimum absolute atomic E-state index is 0.311. The third kappa shape index (κ3) is 4.90. The van der Waals surface area contributed by atoms with Crippen molar-refractivity contribution >= 4 is 17.5 Å². The Morgan fingerprint density at radius 1 is 1.14 bits per heavy atom. The smallest absolute Gasteiger partial charge is 0.346 e. The van der Waals surface area contributed by atoms with Crippen molar-refractivity contribution in [3.63, 3.8) is 0 Å². The molecule has 0 spiro atoms. The molecule has 0 aliphatic heterocycles. The first kappa shape index (κ1) is 17.7. The van der Waals surface area contributed by atoms with Crippen LogP contribution in [-0.2, 0) is 14.3 Å². The van der Waals surface area contributed by atoms with Crippen LogP contribution in [0.25, 0.3) is 5.57 Å². The van der Waals surface area contributed by atoms with Crippen LogP contribution >= 0.6 is 0 Å². The normalized spacial score (nSPS) is 9.91. The van der Waals surface area contributed by atoms with Crippen molar-refractivity contribution in [3.05, 3.63) is 46.7 Å². The van der Waals surface area contributed by atoms with E-state index in [0.29, 0.717) is 22.6 Å². The van der Waals surface area contributed by atoms with Crippen LogP contribution in [0.1, 0.15) is 43.1 Å². The Balaban J connectivity index is 3.38. The average molecular weight is 302 g/mol. The molecule has 4 nitrogen and oxygen atoms in total. The number of carbonyl (C=O) groups excluding carboxylic acids is 2. The molecule has 0 radical (unpaired) electrons. The zero-order valence-electron chi connectivity index (χ0n) is 13.7. The van der Waals surface area contributed by atoms with Crippen LogP contribution < -0.4 is 0 Å². The Morgan fingerprint density at radius 2 is 1.77 bits per heavy atom. The van der Waals surface area contributed by atoms with Crippen LogP contribution in [0.2, 0.25) is 0 Å². The minimum atomic E-state index is -0.481. The molecule has 4 heteroatoms. The SMILES string of the molecule is COC(=O)C(=C=C(C)CC(C)C)c1cccc(C(=O)OC)c1. The van der Waals surface area contributed by atoms with Gasteiger partial charge in [-0.05, 0) is 42.5 Å². The zero-order chi connectivity index (χ0) is 16.7. The van der Waals surface area contributed by atoms with Gasteiger partial charge >= 0.3 is 11.9 Å². The molecule has 0 aliphatic carbocycles. The Morgan fingerprint density at radius 3 is 2.32 bits per heavy atom. The molecule has 1 rings (SSSR count). The summed E-state index contributed by atoms with van der Waals surface area (Å²) in [5.41, 5.74) is 5.34. The van der Waals surface area contributed by atoms with E-state index in [1.165, 1.54) is 14.2 Å². The van der Waals surface area contributed by atoms with Crippen LogP contribution in [0.15, 0.2) is 35.6 Å². The van der Waals surface area contributed by atoms with Gasteiger partial charge in [0.05, 0.1) is 19.8 Å². The van der Waals surface area contributed by atoms with E-state index < -0.39 is 11.9 Å². The second kappa shape index (κ2) is 8.20. The monoisotopic (exact) mass is 302 g/mol. The Hall–Kier alpha value is -2.32. The highest BCUT2D eigenvalue weighted by atomic mass is 16.5. The molecule has 22 heavy (non-hydrogen) atoms. The lowest BCUT2D eigenvalue weighted by Crippen LogP contribution is -2.06. The first-order valence-corrected chi connectivity index (χ1v) is 7.12. The van der Waals surface area contributed by atoms with Crippen molar-refractivity contribution in [1.29, 1.82) is 0 Å². The highest BCUT2D eigenvalue weighted by Gasteiger charge is 2.15. The molecule has 0 bridgehead atoms. The van der Waals surface area contributed by atoms with E-state index >= 15 is 0 Å². The van der Waals surface area contributed by atoms with Gasteiger partial charge in [0.2, 0.25) is 0 Å². The van der Waals surface area contributed by atoms with Crippen molar-refractivity contribution in [2.24, 2.45) is 5.92 Å². The van der Waals surface area contributed by atoms with Gasteiger partial charge in [-0.15, -0.1) is 5.73 Å². The highest BCUT2D eigenvalue weighted by Crippen LogP contribution is 2.19. The molecule has 0 aliphatic rings. The van der Waals surface area contributed by atoms with Gasteiger partial charge in [0.15, 0.2) is 0 Å². The predicted octanol–water partition coefficient (Wildman–Crippen LogP) is 3.62. The largest absolute Gasteiger partial charge is 0.465 e. The maximum atomic E-state index is 12.0. The Bertz CT molecular complexity index is 620. The number of carbonyl (C=O) groups is 2. The lowest BCUT2D eigenvalue weighted by atomic mass is 10.0. The van der Waals surface area contributed by atoms with E-state index in [0.717, 1.165) is 12.0 Å². The standard InChI is InChI=1S/C18H22O4/c1-12(2)9-13(3)10-16(18(20)22-5)14-7-6-8-15(11-14)17(19)21-4/h6-8,11-12H,9H2,1-5H3. The fourth-order valence-corrected chi connectivity index (χ4v) is 2.14. The first-order chi connectivity index (χ1) is 10.4. The summed E-state index contributed by atoms with van der Waals surface area (Å²) in [6.45, 7) is 6.12. The Labute approximate surface area is 131 Å². The maximum Gasteiger partial charge on any atom is 0.346 e. The molecule has 0 fully saturated rings. The molecular weight excluding hydrogens is 280 g/mol. The van der Waals surface area contributed by atoms with Crippen LogP contribution in [0.3, 0.4) is 0 Å². The van der Waals surface area contributed by atoms with E-state index in [2.05, 4.69) is 19.6 Å². The molecule has 0 heterocycles. The van der Waals surface area contributed by atoms with Crippen molar-refractivity contribution in [1.82, 2.24) is 0 Å². The molecule has 0 amide bonds. The number of esters is 2. The summed E-state index contributed by atoms with van der Waals surface area (Å²) in [7, 11) is 2.64. The quantitative estimate of drug-likeness (QED) is 0.473. The summed E-state index contributed by atoms with van der Waals surface area (Å²) in [4.78, 5) is 23.7. The number of benzene rings is 1. The lowest BCUT2D eigenvalue weighted by molar-refractivity contribution is -0.133. The molecule has 0 saturated carbocycles. The van der Waals surface area contributed by atoms with E-state index in [1.807, 2.05) is 6.92 Å². The fraction of sp³-hybridized carbons (Fsp3) is 0.389. The van der Waals surface area contributed by atoms with Crippen molar-refractivity contribution < 1.29 is 19.1 Å². The van der Waals surface area contributed by atoms with Gasteiger partial charge < -0.3 is 9.47 Å². The number of methoxy groups -OCH3 is 2. The third-order valence-electron chi connectivity index (χ3n) is 3.01. The second-order valence-corrected chi connectivity index (χ2v) is 5.44. The number of ether oxygens (including phenoxy) is 2. The van der Waals surface area contributed by atoms with E-state index in [1.54, 1.807) is 24.3 Å². The van der Waals surface area contributed by atoms with Gasteiger partial charge in [-0.1, -0.05) is 26.0 Å². The summed E-state index contributed by atoms with van der Waals surface area (Å²) >= 11 is 0. The summed E-state index contributed by atoms with van der Waals surface area (Å²) in [5, 5.41) is 0. The molecule has 118 valence electrons. The van der Waals surface area contributed by atoms with Crippen molar-refractivity contribution in [3.8, 4) is 0 Å². The van der Waals surface area contributed by atoms with Gasteiger partial charge in [-0.25, -0.2) is 9.59 Å². The van der Waals surface area contributed by atoms with Crippen molar-refractivity contribution in [2.45, 2.75) is 27.2 Å². The molecule has 0 unspecified atom stereocenters. The zero-order valence-corrected chi connectivity index (χ0v) is 13.7. The second-order valence-electron chi connectivity index (χ2n) is 5.44. The van der Waals surface area contributed by atoms with E-state index in [4.69, 9.17) is 9.47 Å². The van der Waals surface area contributed by atoms with Crippen LogP contribution in [0.5, 0.6) is 0 Å². The third-order valence-corrected chi connectivity index (χ3v) is 3.01. The lowest BCUT2D eigenvalue weighted by Gasteiger charge is -2.07. The van der Waals surface area contributed by atoms with Crippen LogP contribution in [0, 0.1) is 5.92 Å². The molecular formula is C18H22O4. The predicted molar refractivity (Wildman–Crippen MR) is 85.4 cm³/mol. The summed E-state index contributed by atoms with van der Waals surface area (Å²) in [5.74, 6) is -0.466. The number of hydrogen-bond donors (Lipinski definition) is 0. The number of hydrogen-bond acceptors (Lipinski definition) is 4. The van der Waals surface area contributed by atoms with Crippen LogP contribution in [-0.4, -0.2) is 26.2 Å². The van der Waals surface area contributed by atoms with E-state index in [9.17, 15) is 9.59 Å². The maximum absolute atomic E-state index is 12.0. The van der Waals surface area contributed by atoms with Gasteiger partial charge in [0.25, 0.3) is 0 Å². The van der Waals surface area contributed by atoms with Crippen molar-refractivity contribution in [2.75, 3.05) is 14.2 Å². The summed E-state index contributed by atoms with van der Waals surface area (Å²) in [6.07, 6.45) is 0.831. The molecule has 0 N–H and O–H groups in total. The molecule has 1 aromatic carbocycles. The first-order valence-electron chi connectivity index (χ1n) is 7.12. The van der Waals surface area contributed by atoms with Gasteiger partial charge in [0, 0.05) is 0 Å². The van der Waals surface area contributed by atoms with E-state index in [-0.39, 0.29) is 0 Å². The molecule has 1 aromatic rings. The average Bonchev–Trinajstić information content (AvgIpc) is 2.50. The molecule has 0 aromatic heterocycles. The van der Waals surface area contributed by atoms with Gasteiger partial charge in [-0.2, -0.15) is 0 Å². The molecule has 0 atom stereocenters. The fourth-order valence-electron chi connectivity index (χ4n) is 2.14. The molecule has 0 saturated heterocycles. The topological polar surface area (TPSA) is 52.6 Å². The van der Waals surface area contributed by atoms with Gasteiger partial charge in [0.1, 0.15) is 5.57 Å². The summed E-state index contributed by atoms with van der Waals surface area (Å²) < 4.78 is 9.53. The van der Waals surface area contributed by atoms with Gasteiger partial charge in [-0.3, -0.25) is 0 Å². The Kier molecular flexibility index (Phi) is 6.61. The van der Waals surface area contributed by atoms with Crippen LogP contribution in [0.4, 0.5) is 0 Å². The minimum Gasteiger partial charge on any atom is -0.465 e.